The number of nitrogens with one attached hydrogen (secondary N) is 1. The predicted molar refractivity (Wildman–Crippen MR) is 41.2 cm³/mol. The van der Waals surface area contributed by atoms with E-state index in [2.05, 4.69) is 10.4 Å². The molecule has 0 saturated carbocycles. The van der Waals surface area contributed by atoms with Gasteiger partial charge in [-0.3, -0.25) is 4.68 Å². The lowest BCUT2D eigenvalue weighted by atomic mass is 10.5. The van der Waals surface area contributed by atoms with Crippen LogP contribution in [0.25, 0.3) is 0 Å². The van der Waals surface area contributed by atoms with E-state index in [1.165, 1.54) is 0 Å². The maximum Gasteiger partial charge on any atom is 0.401 e. The first-order valence-corrected chi connectivity index (χ1v) is 3.83. The fraction of sp³-hybridized carbons (Fsp3) is 0.571. The van der Waals surface area contributed by atoms with E-state index < -0.39 is 12.7 Å². The summed E-state index contributed by atoms with van der Waals surface area (Å²) in [5.41, 5.74) is 0. The highest BCUT2D eigenvalue weighted by Crippen LogP contribution is 2.11. The van der Waals surface area contributed by atoms with Gasteiger partial charge in [-0.2, -0.15) is 18.3 Å². The molecule has 0 aromatic carbocycles. The molecule has 0 saturated heterocycles. The van der Waals surface area contributed by atoms with Crippen molar-refractivity contribution in [2.45, 2.75) is 12.7 Å². The highest BCUT2D eigenvalue weighted by atomic mass is 19.4. The third-order valence-corrected chi connectivity index (χ3v) is 1.40. The molecule has 0 aliphatic carbocycles. The molecule has 1 N–H and O–H groups in total. The van der Waals surface area contributed by atoms with Crippen LogP contribution in [-0.4, -0.2) is 29.0 Å². The molecule has 3 nitrogen and oxygen atoms in total. The van der Waals surface area contributed by atoms with Crippen LogP contribution < -0.4 is 5.32 Å². The van der Waals surface area contributed by atoms with E-state index in [9.17, 15) is 13.2 Å². The SMILES string of the molecule is FC(F)(F)CNCCn1cccn1. The topological polar surface area (TPSA) is 29.9 Å². The van der Waals surface area contributed by atoms with Crippen LogP contribution in [0.3, 0.4) is 0 Å². The highest BCUT2D eigenvalue weighted by molar-refractivity contribution is 4.77. The summed E-state index contributed by atoms with van der Waals surface area (Å²) in [5.74, 6) is 0. The molecule has 0 atom stereocenters. The number of nitrogens with zero attached hydrogens (tertiary/aromatic N) is 2. The molecular weight excluding hydrogens is 183 g/mol. The Hall–Kier alpha value is -1.04. The molecule has 0 aliphatic rings. The number of halogens is 3. The molecule has 1 aromatic heterocycles. The van der Waals surface area contributed by atoms with Gasteiger partial charge in [0.05, 0.1) is 13.1 Å². The second-order valence-corrected chi connectivity index (χ2v) is 2.56. The molecule has 0 fully saturated rings. The average Bonchev–Trinajstić information content (AvgIpc) is 2.48. The van der Waals surface area contributed by atoms with Crippen LogP contribution in [0.2, 0.25) is 0 Å². The van der Waals surface area contributed by atoms with E-state index in [1.807, 2.05) is 0 Å². The van der Waals surface area contributed by atoms with Gasteiger partial charge < -0.3 is 5.32 Å². The van der Waals surface area contributed by atoms with Crippen LogP contribution >= 0.6 is 0 Å². The van der Waals surface area contributed by atoms with E-state index in [0.717, 1.165) is 0 Å². The highest BCUT2D eigenvalue weighted by Gasteiger charge is 2.25. The Labute approximate surface area is 73.5 Å². The summed E-state index contributed by atoms with van der Waals surface area (Å²) in [6, 6.07) is 1.73. The third kappa shape index (κ3) is 4.51. The molecule has 0 radical (unpaired) electrons. The zero-order valence-corrected chi connectivity index (χ0v) is 6.88. The van der Waals surface area contributed by atoms with Crippen molar-refractivity contribution in [2.75, 3.05) is 13.1 Å². The number of hydrogen-bond donors (Lipinski definition) is 1. The third-order valence-electron chi connectivity index (χ3n) is 1.40. The second-order valence-electron chi connectivity index (χ2n) is 2.56. The van der Waals surface area contributed by atoms with Gasteiger partial charge in [-0.05, 0) is 6.07 Å². The Bertz CT molecular complexity index is 230. The summed E-state index contributed by atoms with van der Waals surface area (Å²) in [4.78, 5) is 0. The summed E-state index contributed by atoms with van der Waals surface area (Å²) in [5, 5.41) is 6.12. The lowest BCUT2D eigenvalue weighted by Gasteiger charge is -2.07. The first kappa shape index (κ1) is 10.0. The summed E-state index contributed by atoms with van der Waals surface area (Å²) in [6.45, 7) is -0.238. The summed E-state index contributed by atoms with van der Waals surface area (Å²) in [7, 11) is 0. The largest absolute Gasteiger partial charge is 0.401 e. The van der Waals surface area contributed by atoms with E-state index >= 15 is 0 Å². The smallest absolute Gasteiger partial charge is 0.307 e. The van der Waals surface area contributed by atoms with Crippen LogP contribution in [0.5, 0.6) is 0 Å². The molecule has 0 spiro atoms. The van der Waals surface area contributed by atoms with Gasteiger partial charge in [0.25, 0.3) is 0 Å². The first-order valence-electron chi connectivity index (χ1n) is 3.83. The van der Waals surface area contributed by atoms with Crippen molar-refractivity contribution in [2.24, 2.45) is 0 Å². The van der Waals surface area contributed by atoms with E-state index in [0.29, 0.717) is 6.54 Å². The first-order chi connectivity index (χ1) is 6.08. The maximum atomic E-state index is 11.6. The van der Waals surface area contributed by atoms with Crippen molar-refractivity contribution in [1.29, 1.82) is 0 Å². The minimum Gasteiger partial charge on any atom is -0.307 e. The van der Waals surface area contributed by atoms with Gasteiger partial charge in [0.1, 0.15) is 0 Å². The van der Waals surface area contributed by atoms with Crippen LogP contribution in [0.15, 0.2) is 18.5 Å². The predicted octanol–water partition coefficient (Wildman–Crippen LogP) is 1.03. The van der Waals surface area contributed by atoms with Crippen LogP contribution in [0.1, 0.15) is 0 Å². The second kappa shape index (κ2) is 4.27. The Morgan fingerprint density at radius 3 is 2.69 bits per heavy atom. The summed E-state index contributed by atoms with van der Waals surface area (Å²) >= 11 is 0. The minimum atomic E-state index is -4.13. The molecular formula is C7H10F3N3. The molecule has 74 valence electrons. The van der Waals surface area contributed by atoms with E-state index in [-0.39, 0.29) is 6.54 Å². The van der Waals surface area contributed by atoms with Crippen LogP contribution in [0, 0.1) is 0 Å². The van der Waals surface area contributed by atoms with E-state index in [4.69, 9.17) is 0 Å². The van der Waals surface area contributed by atoms with Gasteiger partial charge in [0.15, 0.2) is 0 Å². The monoisotopic (exact) mass is 193 g/mol. The Kier molecular flexibility index (Phi) is 3.30. The number of alkyl halides is 3. The van der Waals surface area contributed by atoms with Crippen molar-refractivity contribution in [1.82, 2.24) is 15.1 Å². The standard InChI is InChI=1S/C7H10F3N3/c8-7(9,10)6-11-3-5-13-4-1-2-12-13/h1-2,4,11H,3,5-6H2. The molecule has 13 heavy (non-hydrogen) atoms. The van der Waals surface area contributed by atoms with E-state index in [1.54, 1.807) is 23.1 Å². The number of rotatable bonds is 4. The fourth-order valence-corrected chi connectivity index (χ4v) is 0.856. The zero-order chi connectivity index (χ0) is 9.73. The molecule has 0 aliphatic heterocycles. The Balaban J connectivity index is 2.09. The molecule has 0 amide bonds. The summed E-state index contributed by atoms with van der Waals surface area (Å²) < 4.78 is 36.5. The molecule has 1 heterocycles. The molecule has 1 rings (SSSR count). The normalized spacial score (nSPS) is 11.9. The fourth-order valence-electron chi connectivity index (χ4n) is 0.856. The van der Waals surface area contributed by atoms with Gasteiger partial charge in [0.2, 0.25) is 0 Å². The quantitative estimate of drug-likeness (QED) is 0.724. The van der Waals surface area contributed by atoms with Crippen molar-refractivity contribution in [3.63, 3.8) is 0 Å². The number of aromatic nitrogens is 2. The van der Waals surface area contributed by atoms with Gasteiger partial charge >= 0.3 is 6.18 Å². The van der Waals surface area contributed by atoms with Crippen LogP contribution in [-0.2, 0) is 6.54 Å². The van der Waals surface area contributed by atoms with Crippen LogP contribution in [0.4, 0.5) is 13.2 Å². The Morgan fingerprint density at radius 2 is 2.15 bits per heavy atom. The average molecular weight is 193 g/mol. The molecule has 6 heteroatoms. The summed E-state index contributed by atoms with van der Waals surface area (Å²) in [6.07, 6.45) is -0.844. The van der Waals surface area contributed by atoms with Crippen molar-refractivity contribution >= 4 is 0 Å². The lowest BCUT2D eigenvalue weighted by Crippen LogP contribution is -2.31. The lowest BCUT2D eigenvalue weighted by molar-refractivity contribution is -0.124. The molecule has 1 aromatic rings. The van der Waals surface area contributed by atoms with Gasteiger partial charge in [0, 0.05) is 18.9 Å². The minimum absolute atomic E-state index is 0.265. The molecule has 0 unspecified atom stereocenters. The van der Waals surface area contributed by atoms with Gasteiger partial charge in [-0.25, -0.2) is 0 Å². The van der Waals surface area contributed by atoms with Crippen molar-refractivity contribution < 1.29 is 13.2 Å². The maximum absolute atomic E-state index is 11.6. The zero-order valence-electron chi connectivity index (χ0n) is 6.88. The van der Waals surface area contributed by atoms with Crippen molar-refractivity contribution in [3.8, 4) is 0 Å². The van der Waals surface area contributed by atoms with Gasteiger partial charge in [-0.1, -0.05) is 0 Å². The molecule has 0 bridgehead atoms. The number of hydrogen-bond acceptors (Lipinski definition) is 2. The Morgan fingerprint density at radius 1 is 1.38 bits per heavy atom. The van der Waals surface area contributed by atoms with Crippen molar-refractivity contribution in [3.05, 3.63) is 18.5 Å². The van der Waals surface area contributed by atoms with Gasteiger partial charge in [-0.15, -0.1) is 0 Å².